The second-order valence-corrected chi connectivity index (χ2v) is 10.2. The van der Waals surface area contributed by atoms with Crippen molar-refractivity contribution in [1.82, 2.24) is 0 Å². The van der Waals surface area contributed by atoms with Crippen molar-refractivity contribution in [3.63, 3.8) is 0 Å². The lowest BCUT2D eigenvalue weighted by atomic mass is 9.70. The largest absolute Gasteiger partial charge is 0.462 e. The van der Waals surface area contributed by atoms with Gasteiger partial charge in [-0.2, -0.15) is 0 Å². The van der Waals surface area contributed by atoms with E-state index in [1.165, 1.54) is 25.7 Å². The van der Waals surface area contributed by atoms with Gasteiger partial charge in [-0.25, -0.2) is 4.79 Å². The number of fused-ring (bicyclic) bond motifs is 9. The zero-order valence-electron chi connectivity index (χ0n) is 17.1. The van der Waals surface area contributed by atoms with E-state index in [-0.39, 0.29) is 24.9 Å². The molecule has 0 radical (unpaired) electrons. The van der Waals surface area contributed by atoms with Crippen molar-refractivity contribution in [2.24, 2.45) is 35.5 Å². The molecular formula is C22H32O6. The van der Waals surface area contributed by atoms with E-state index in [1.54, 1.807) is 20.8 Å². The van der Waals surface area contributed by atoms with Crippen LogP contribution in [0.15, 0.2) is 0 Å². The van der Waals surface area contributed by atoms with E-state index >= 15 is 0 Å². The van der Waals surface area contributed by atoms with Crippen LogP contribution in [0.3, 0.4) is 0 Å². The number of hydrogen-bond donors (Lipinski definition) is 0. The summed E-state index contributed by atoms with van der Waals surface area (Å²) in [5.41, 5.74) is -0.619. The van der Waals surface area contributed by atoms with Gasteiger partial charge in [-0.05, 0) is 88.4 Å². The third-order valence-corrected chi connectivity index (χ3v) is 7.26. The van der Waals surface area contributed by atoms with Gasteiger partial charge in [0.2, 0.25) is 0 Å². The fourth-order valence-electron chi connectivity index (χ4n) is 6.65. The summed E-state index contributed by atoms with van der Waals surface area (Å²) in [5, 5.41) is 0. The minimum atomic E-state index is -0.619. The molecule has 7 unspecified atom stereocenters. The van der Waals surface area contributed by atoms with Crippen molar-refractivity contribution in [2.45, 2.75) is 77.4 Å². The molecule has 4 saturated carbocycles. The van der Waals surface area contributed by atoms with Gasteiger partial charge in [0.05, 0.1) is 12.8 Å². The molecular weight excluding hydrogens is 360 g/mol. The number of ether oxygens (including phenoxy) is 3. The maximum absolute atomic E-state index is 12.2. The fraction of sp³-hybridized carbons (Fsp3) is 0.864. The highest BCUT2D eigenvalue weighted by atomic mass is 16.6. The fourth-order valence-corrected chi connectivity index (χ4v) is 6.65. The average molecular weight is 392 g/mol. The molecule has 7 atom stereocenters. The number of esters is 3. The maximum atomic E-state index is 12.2. The maximum Gasteiger partial charge on any atom is 0.344 e. The highest BCUT2D eigenvalue weighted by Crippen LogP contribution is 2.67. The molecule has 28 heavy (non-hydrogen) atoms. The van der Waals surface area contributed by atoms with Crippen LogP contribution in [0, 0.1) is 35.5 Å². The Labute approximate surface area is 166 Å². The molecule has 0 aromatic heterocycles. The summed E-state index contributed by atoms with van der Waals surface area (Å²) in [7, 11) is 0. The number of rotatable bonds is 6. The van der Waals surface area contributed by atoms with Gasteiger partial charge in [-0.15, -0.1) is 0 Å². The lowest BCUT2D eigenvalue weighted by Crippen LogP contribution is -2.37. The molecule has 4 bridgehead atoms. The van der Waals surface area contributed by atoms with E-state index in [0.29, 0.717) is 5.92 Å². The predicted octanol–water partition coefficient (Wildman–Crippen LogP) is 3.27. The molecule has 4 aliphatic carbocycles. The Balaban J connectivity index is 1.17. The highest BCUT2D eigenvalue weighted by Gasteiger charge is 2.63. The van der Waals surface area contributed by atoms with Crippen molar-refractivity contribution in [3.05, 3.63) is 0 Å². The van der Waals surface area contributed by atoms with Gasteiger partial charge in [0.15, 0.2) is 6.61 Å². The summed E-state index contributed by atoms with van der Waals surface area (Å²) in [4.78, 5) is 35.6. The van der Waals surface area contributed by atoms with Crippen LogP contribution < -0.4 is 0 Å². The first-order valence-corrected chi connectivity index (χ1v) is 10.8. The van der Waals surface area contributed by atoms with Gasteiger partial charge >= 0.3 is 17.9 Å². The monoisotopic (exact) mass is 392 g/mol. The van der Waals surface area contributed by atoms with Crippen LogP contribution in [-0.2, 0) is 28.6 Å². The van der Waals surface area contributed by atoms with Crippen LogP contribution in [0.1, 0.15) is 65.7 Å². The van der Waals surface area contributed by atoms with Crippen molar-refractivity contribution in [3.8, 4) is 0 Å². The van der Waals surface area contributed by atoms with Crippen molar-refractivity contribution in [1.29, 1.82) is 0 Å². The molecule has 0 saturated heterocycles. The van der Waals surface area contributed by atoms with Crippen molar-refractivity contribution >= 4 is 17.9 Å². The SMILES string of the molecule is CC(C)(C)OC(=O)COC(=O)CCC(=O)OC1CC2CC1C1C3CCC(C3)C21. The lowest BCUT2D eigenvalue weighted by molar-refractivity contribution is -0.167. The van der Waals surface area contributed by atoms with Crippen LogP contribution in [0.5, 0.6) is 0 Å². The van der Waals surface area contributed by atoms with E-state index in [9.17, 15) is 14.4 Å². The van der Waals surface area contributed by atoms with Gasteiger partial charge in [-0.3, -0.25) is 9.59 Å². The minimum Gasteiger partial charge on any atom is -0.462 e. The van der Waals surface area contributed by atoms with Crippen molar-refractivity contribution < 1.29 is 28.6 Å². The Morgan fingerprint density at radius 1 is 0.821 bits per heavy atom. The second-order valence-electron chi connectivity index (χ2n) is 10.2. The summed E-state index contributed by atoms with van der Waals surface area (Å²) in [6, 6.07) is 0. The normalized spacial score (nSPS) is 37.6. The Kier molecular flexibility index (Phi) is 5.17. The molecule has 6 nitrogen and oxygen atoms in total. The smallest absolute Gasteiger partial charge is 0.344 e. The Hall–Kier alpha value is -1.59. The summed E-state index contributed by atoms with van der Waals surface area (Å²) in [5.74, 6) is 3.22. The van der Waals surface area contributed by atoms with Gasteiger partial charge in [-0.1, -0.05) is 0 Å². The molecule has 6 heteroatoms. The molecule has 156 valence electrons. The zero-order valence-corrected chi connectivity index (χ0v) is 17.1. The molecule has 0 aliphatic heterocycles. The first-order chi connectivity index (χ1) is 13.2. The summed E-state index contributed by atoms with van der Waals surface area (Å²) in [6.45, 7) is 4.81. The predicted molar refractivity (Wildman–Crippen MR) is 99.9 cm³/mol. The molecule has 0 aromatic rings. The van der Waals surface area contributed by atoms with E-state index in [0.717, 1.165) is 36.0 Å². The molecule has 0 aromatic carbocycles. The first kappa shape index (κ1) is 19.7. The van der Waals surface area contributed by atoms with Crippen LogP contribution in [0.4, 0.5) is 0 Å². The quantitative estimate of drug-likeness (QED) is 0.392. The molecule has 0 heterocycles. The molecule has 4 rings (SSSR count). The van der Waals surface area contributed by atoms with E-state index < -0.39 is 24.1 Å². The van der Waals surface area contributed by atoms with Gasteiger partial charge in [0.25, 0.3) is 0 Å². The van der Waals surface area contributed by atoms with Gasteiger partial charge < -0.3 is 14.2 Å². The number of carbonyl (C=O) groups is 3. The summed E-state index contributed by atoms with van der Waals surface area (Å²) in [6.07, 6.45) is 6.36. The lowest BCUT2D eigenvalue weighted by Gasteiger charge is -2.38. The third kappa shape index (κ3) is 3.92. The molecule has 0 spiro atoms. The second kappa shape index (κ2) is 7.34. The van der Waals surface area contributed by atoms with Gasteiger partial charge in [0, 0.05) is 0 Å². The Morgan fingerprint density at radius 3 is 2.21 bits per heavy atom. The van der Waals surface area contributed by atoms with E-state index in [1.807, 2.05) is 0 Å². The van der Waals surface area contributed by atoms with Crippen molar-refractivity contribution in [2.75, 3.05) is 6.61 Å². The highest BCUT2D eigenvalue weighted by molar-refractivity contribution is 5.80. The topological polar surface area (TPSA) is 78.9 Å². The van der Waals surface area contributed by atoms with Crippen LogP contribution in [0.25, 0.3) is 0 Å². The summed E-state index contributed by atoms with van der Waals surface area (Å²) < 4.78 is 15.7. The molecule has 0 amide bonds. The molecule has 4 fully saturated rings. The molecule has 4 aliphatic rings. The molecule has 0 N–H and O–H groups in total. The van der Waals surface area contributed by atoms with Crippen LogP contribution in [-0.4, -0.2) is 36.2 Å². The van der Waals surface area contributed by atoms with E-state index in [4.69, 9.17) is 14.2 Å². The first-order valence-electron chi connectivity index (χ1n) is 10.8. The summed E-state index contributed by atoms with van der Waals surface area (Å²) >= 11 is 0. The average Bonchev–Trinajstić information content (AvgIpc) is 3.35. The van der Waals surface area contributed by atoms with Gasteiger partial charge in [0.1, 0.15) is 11.7 Å². The standard InChI is InChI=1S/C22H32O6/c1-22(2,3)28-19(25)11-26-17(23)6-7-18(24)27-16-10-14-9-15(16)21-13-5-4-12(8-13)20(14)21/h12-16,20-21H,4-11H2,1-3H3. The Morgan fingerprint density at radius 2 is 1.50 bits per heavy atom. The van der Waals surface area contributed by atoms with Crippen LogP contribution in [0.2, 0.25) is 0 Å². The number of carbonyl (C=O) groups excluding carboxylic acids is 3. The zero-order chi connectivity index (χ0) is 20.1. The Bertz CT molecular complexity index is 650. The van der Waals surface area contributed by atoms with Crippen LogP contribution >= 0.6 is 0 Å². The third-order valence-electron chi connectivity index (χ3n) is 7.26. The number of hydrogen-bond acceptors (Lipinski definition) is 6. The minimum absolute atomic E-state index is 0.00118. The van der Waals surface area contributed by atoms with E-state index in [2.05, 4.69) is 0 Å².